The first kappa shape index (κ1) is 24.1. The molecule has 1 heterocycles. The second-order valence-electron chi connectivity index (χ2n) is 7.06. The molecule has 2 aromatic carbocycles. The summed E-state index contributed by atoms with van der Waals surface area (Å²) in [6.45, 7) is 6.27. The van der Waals surface area contributed by atoms with Crippen LogP contribution in [0.4, 0.5) is 5.69 Å². The highest BCUT2D eigenvalue weighted by Crippen LogP contribution is 2.23. The number of carbonyl (C=O) groups excluding carboxylic acids is 2. The fourth-order valence-corrected chi connectivity index (χ4v) is 4.22. The minimum atomic E-state index is -0.399. The molecule has 2 N–H and O–H groups in total. The lowest BCUT2D eigenvalue weighted by molar-refractivity contribution is -0.113. The van der Waals surface area contributed by atoms with Gasteiger partial charge in [-0.1, -0.05) is 53.2 Å². The number of nitrogens with zero attached hydrogens (tertiary/aromatic N) is 3. The lowest BCUT2D eigenvalue weighted by atomic mass is 10.2. The lowest BCUT2D eigenvalue weighted by Gasteiger charge is -2.15. The third-order valence-electron chi connectivity index (χ3n) is 4.70. The maximum Gasteiger partial charge on any atom is 0.253 e. The van der Waals surface area contributed by atoms with E-state index in [0.717, 1.165) is 5.56 Å². The summed E-state index contributed by atoms with van der Waals surface area (Å²) in [6, 6.07) is 11.8. The van der Waals surface area contributed by atoms with E-state index in [1.54, 1.807) is 36.4 Å². The molecule has 3 rings (SSSR count). The summed E-state index contributed by atoms with van der Waals surface area (Å²) in [5.41, 5.74) is 1.98. The molecular formula is C22H23Cl2N5O2S. The molecule has 0 fully saturated rings. The summed E-state index contributed by atoms with van der Waals surface area (Å²) in [5.74, 6) is 0.284. The Kier molecular flexibility index (Phi) is 8.17. The summed E-state index contributed by atoms with van der Waals surface area (Å²) < 4.78 is 1.87. The fourth-order valence-electron chi connectivity index (χ4n) is 3.01. The molecule has 0 bridgehead atoms. The molecule has 0 radical (unpaired) electrons. The van der Waals surface area contributed by atoms with Crippen LogP contribution in [0.2, 0.25) is 10.0 Å². The number of anilines is 1. The summed E-state index contributed by atoms with van der Waals surface area (Å²) in [5, 5.41) is 15.7. The number of aryl methyl sites for hydroxylation is 1. The van der Waals surface area contributed by atoms with E-state index in [1.165, 1.54) is 11.8 Å². The van der Waals surface area contributed by atoms with E-state index in [4.69, 9.17) is 23.2 Å². The van der Waals surface area contributed by atoms with Crippen LogP contribution >= 0.6 is 35.0 Å². The Morgan fingerprint density at radius 2 is 1.88 bits per heavy atom. The van der Waals surface area contributed by atoms with Crippen LogP contribution in [0.3, 0.4) is 0 Å². The van der Waals surface area contributed by atoms with Crippen LogP contribution in [-0.2, 0) is 11.3 Å². The summed E-state index contributed by atoms with van der Waals surface area (Å²) in [6.07, 6.45) is 0. The molecule has 0 saturated heterocycles. The molecular weight excluding hydrogens is 469 g/mol. The van der Waals surface area contributed by atoms with Gasteiger partial charge >= 0.3 is 0 Å². The Labute approximate surface area is 200 Å². The van der Waals surface area contributed by atoms with Gasteiger partial charge in [-0.05, 0) is 50.6 Å². The van der Waals surface area contributed by atoms with Crippen molar-refractivity contribution in [2.75, 3.05) is 11.1 Å². The van der Waals surface area contributed by atoms with Crippen molar-refractivity contribution < 1.29 is 9.59 Å². The van der Waals surface area contributed by atoms with E-state index in [2.05, 4.69) is 20.8 Å². The molecule has 0 saturated carbocycles. The topological polar surface area (TPSA) is 88.9 Å². The lowest BCUT2D eigenvalue weighted by Crippen LogP contribution is -2.29. The first-order valence-electron chi connectivity index (χ1n) is 9.97. The van der Waals surface area contributed by atoms with Gasteiger partial charge in [0.25, 0.3) is 5.91 Å². The number of hydrogen-bond donors (Lipinski definition) is 2. The molecule has 0 aliphatic rings. The van der Waals surface area contributed by atoms with Gasteiger partial charge < -0.3 is 15.2 Å². The maximum atomic E-state index is 12.6. The second-order valence-corrected chi connectivity index (χ2v) is 8.82. The number of thioether (sulfide) groups is 1. The van der Waals surface area contributed by atoms with Crippen molar-refractivity contribution in [1.29, 1.82) is 0 Å². The predicted octanol–water partition coefficient (Wildman–Crippen LogP) is 5.14. The summed E-state index contributed by atoms with van der Waals surface area (Å²) >= 11 is 13.5. The largest absolute Gasteiger partial charge is 0.342 e. The third-order valence-corrected chi connectivity index (χ3v) is 6.41. The van der Waals surface area contributed by atoms with Gasteiger partial charge in [0, 0.05) is 17.3 Å². The van der Waals surface area contributed by atoms with Crippen molar-refractivity contribution in [3.63, 3.8) is 0 Å². The van der Waals surface area contributed by atoms with E-state index in [9.17, 15) is 9.59 Å². The van der Waals surface area contributed by atoms with Crippen molar-refractivity contribution in [2.45, 2.75) is 38.5 Å². The molecule has 1 unspecified atom stereocenters. The van der Waals surface area contributed by atoms with Crippen molar-refractivity contribution in [3.05, 3.63) is 69.5 Å². The van der Waals surface area contributed by atoms with Gasteiger partial charge in [-0.3, -0.25) is 9.59 Å². The van der Waals surface area contributed by atoms with E-state index >= 15 is 0 Å². The number of aromatic nitrogens is 3. The average molecular weight is 492 g/mol. The number of rotatable bonds is 8. The van der Waals surface area contributed by atoms with Crippen LogP contribution in [-0.4, -0.2) is 32.3 Å². The number of amides is 2. The highest BCUT2D eigenvalue weighted by atomic mass is 35.5. The fraction of sp³-hybridized carbons (Fsp3) is 0.273. The molecule has 2 amide bonds. The average Bonchev–Trinajstić information content (AvgIpc) is 3.18. The van der Waals surface area contributed by atoms with Crippen molar-refractivity contribution in [3.8, 4) is 0 Å². The van der Waals surface area contributed by atoms with Gasteiger partial charge in [-0.25, -0.2) is 0 Å². The molecule has 0 spiro atoms. The normalized spacial score (nSPS) is 11.8. The van der Waals surface area contributed by atoms with E-state index in [1.807, 2.05) is 31.4 Å². The molecule has 168 valence electrons. The maximum absolute atomic E-state index is 12.6. The van der Waals surface area contributed by atoms with Crippen molar-refractivity contribution >= 4 is 52.5 Å². The molecule has 1 atom stereocenters. The van der Waals surface area contributed by atoms with Crippen molar-refractivity contribution in [2.24, 2.45) is 0 Å². The van der Waals surface area contributed by atoms with Crippen LogP contribution in [0.5, 0.6) is 0 Å². The van der Waals surface area contributed by atoms with Crippen molar-refractivity contribution in [1.82, 2.24) is 20.1 Å². The second kappa shape index (κ2) is 10.8. The number of nitrogens with one attached hydrogen (secondary N) is 2. The van der Waals surface area contributed by atoms with E-state index in [0.29, 0.717) is 38.8 Å². The van der Waals surface area contributed by atoms with Crippen LogP contribution in [0.1, 0.15) is 41.6 Å². The standard InChI is InChI=1S/C22H23Cl2N5O2S/c1-4-29-20(14(3)25-21(31)16-7-5-6-8-17(16)23)27-28-22(29)32-12-19(30)26-15-10-9-13(2)18(24)11-15/h5-11,14H,4,12H2,1-3H3,(H,25,31)(H,26,30). The highest BCUT2D eigenvalue weighted by molar-refractivity contribution is 7.99. The number of halogens is 2. The third kappa shape index (κ3) is 5.82. The Morgan fingerprint density at radius 1 is 1.12 bits per heavy atom. The first-order valence-corrected chi connectivity index (χ1v) is 11.7. The first-order chi connectivity index (χ1) is 15.3. The zero-order chi connectivity index (χ0) is 23.3. The summed E-state index contributed by atoms with van der Waals surface area (Å²) in [7, 11) is 0. The molecule has 1 aromatic heterocycles. The SMILES string of the molecule is CCn1c(SCC(=O)Nc2ccc(C)c(Cl)c2)nnc1C(C)NC(=O)c1ccccc1Cl. The van der Waals surface area contributed by atoms with E-state index in [-0.39, 0.29) is 17.6 Å². The zero-order valence-electron chi connectivity index (χ0n) is 17.9. The molecule has 0 aliphatic carbocycles. The monoisotopic (exact) mass is 491 g/mol. The predicted molar refractivity (Wildman–Crippen MR) is 129 cm³/mol. The van der Waals surface area contributed by atoms with Gasteiger partial charge in [-0.2, -0.15) is 0 Å². The summed E-state index contributed by atoms with van der Waals surface area (Å²) in [4.78, 5) is 24.9. The number of hydrogen-bond acceptors (Lipinski definition) is 5. The Balaban J connectivity index is 1.63. The van der Waals surface area contributed by atoms with Gasteiger partial charge in [-0.15, -0.1) is 10.2 Å². The highest BCUT2D eigenvalue weighted by Gasteiger charge is 2.21. The van der Waals surface area contributed by atoms with Gasteiger partial charge in [0.15, 0.2) is 11.0 Å². The van der Waals surface area contributed by atoms with Gasteiger partial charge in [0.2, 0.25) is 5.91 Å². The molecule has 3 aromatic rings. The minimum absolute atomic E-state index is 0.157. The quantitative estimate of drug-likeness (QED) is 0.426. The Hall–Kier alpha value is -2.55. The molecule has 0 aliphatic heterocycles. The van der Waals surface area contributed by atoms with Crippen LogP contribution in [0.25, 0.3) is 0 Å². The zero-order valence-corrected chi connectivity index (χ0v) is 20.2. The number of benzene rings is 2. The Bertz CT molecular complexity index is 1140. The number of carbonyl (C=O) groups is 2. The van der Waals surface area contributed by atoms with Gasteiger partial charge in [0.1, 0.15) is 0 Å². The molecule has 7 nitrogen and oxygen atoms in total. The minimum Gasteiger partial charge on any atom is -0.342 e. The van der Waals surface area contributed by atoms with Gasteiger partial charge in [0.05, 0.1) is 22.4 Å². The van der Waals surface area contributed by atoms with Crippen LogP contribution in [0.15, 0.2) is 47.6 Å². The molecule has 32 heavy (non-hydrogen) atoms. The smallest absolute Gasteiger partial charge is 0.253 e. The van der Waals surface area contributed by atoms with E-state index < -0.39 is 6.04 Å². The molecule has 10 heteroatoms. The van der Waals surface area contributed by atoms with Crippen LogP contribution in [0, 0.1) is 6.92 Å². The van der Waals surface area contributed by atoms with Crippen LogP contribution < -0.4 is 10.6 Å². The Morgan fingerprint density at radius 3 is 2.56 bits per heavy atom.